The number of carbonyl (C=O) groups excluding carboxylic acids is 2. The molecule has 0 aromatic heterocycles. The summed E-state index contributed by atoms with van der Waals surface area (Å²) >= 11 is 0. The van der Waals surface area contributed by atoms with Crippen LogP contribution in [0.15, 0.2) is 11.6 Å². The minimum atomic E-state index is -1.06. The van der Waals surface area contributed by atoms with Crippen LogP contribution in [0.5, 0.6) is 0 Å². The van der Waals surface area contributed by atoms with Gasteiger partial charge in [0.2, 0.25) is 0 Å². The van der Waals surface area contributed by atoms with E-state index in [0.717, 1.165) is 38.5 Å². The minimum absolute atomic E-state index is 0.0559. The first-order valence-electron chi connectivity index (χ1n) is 10.4. The van der Waals surface area contributed by atoms with E-state index in [2.05, 4.69) is 13.8 Å². The molecule has 4 nitrogen and oxygen atoms in total. The van der Waals surface area contributed by atoms with Gasteiger partial charge in [0.1, 0.15) is 0 Å². The van der Waals surface area contributed by atoms with E-state index in [9.17, 15) is 19.8 Å². The van der Waals surface area contributed by atoms with Crippen molar-refractivity contribution in [2.24, 2.45) is 28.6 Å². The van der Waals surface area contributed by atoms with Gasteiger partial charge in [0.15, 0.2) is 5.78 Å². The molecule has 3 saturated carbocycles. The van der Waals surface area contributed by atoms with E-state index in [-0.39, 0.29) is 23.0 Å². The van der Waals surface area contributed by atoms with Crippen molar-refractivity contribution < 1.29 is 19.8 Å². The first-order valence-corrected chi connectivity index (χ1v) is 10.4. The summed E-state index contributed by atoms with van der Waals surface area (Å²) in [6.07, 6.45) is 9.68. The van der Waals surface area contributed by atoms with Gasteiger partial charge in [0.05, 0.1) is 5.60 Å². The number of carboxylic acid groups (broad SMARTS) is 1. The second kappa shape index (κ2) is 5.92. The second-order valence-corrected chi connectivity index (χ2v) is 9.87. The van der Waals surface area contributed by atoms with Crippen molar-refractivity contribution in [3.05, 3.63) is 11.6 Å². The van der Waals surface area contributed by atoms with E-state index < -0.39 is 11.6 Å². The molecule has 1 N–H and O–H groups in total. The quantitative estimate of drug-likeness (QED) is 0.840. The third kappa shape index (κ3) is 2.44. The van der Waals surface area contributed by atoms with Crippen molar-refractivity contribution >= 4 is 11.8 Å². The Hall–Kier alpha value is -1.16. The van der Waals surface area contributed by atoms with Gasteiger partial charge >= 0.3 is 0 Å². The van der Waals surface area contributed by atoms with E-state index >= 15 is 0 Å². The van der Waals surface area contributed by atoms with E-state index in [0.29, 0.717) is 37.0 Å². The molecule has 0 heterocycles. The van der Waals surface area contributed by atoms with Crippen molar-refractivity contribution in [3.8, 4) is 0 Å². The van der Waals surface area contributed by atoms with Crippen LogP contribution in [0.4, 0.5) is 0 Å². The fourth-order valence-electron chi connectivity index (χ4n) is 7.39. The Balaban J connectivity index is 1.61. The van der Waals surface area contributed by atoms with Crippen molar-refractivity contribution in [1.82, 2.24) is 0 Å². The highest BCUT2D eigenvalue weighted by molar-refractivity contribution is 5.91. The van der Waals surface area contributed by atoms with Gasteiger partial charge in [0.25, 0.3) is 0 Å². The first-order chi connectivity index (χ1) is 12.2. The topological polar surface area (TPSA) is 77.4 Å². The Morgan fingerprint density at radius 1 is 1.15 bits per heavy atom. The Bertz CT molecular complexity index is 667. The number of ketones is 1. The standard InChI is InChI=1S/C22H32O4/c1-20-9-5-15(23)13-14(20)3-4-16-17(20)6-10-21(2)18(16)7-11-22(21,26)12-8-19(24)25/h13,16-18,26H,3-12H2,1-2H3,(H,24,25)/p-1/t16-,17+,18+,20+,21+,22-/m1/s1. The summed E-state index contributed by atoms with van der Waals surface area (Å²) in [7, 11) is 0. The Labute approximate surface area is 156 Å². The lowest BCUT2D eigenvalue weighted by Crippen LogP contribution is -2.55. The van der Waals surface area contributed by atoms with E-state index in [1.165, 1.54) is 5.57 Å². The van der Waals surface area contributed by atoms with Gasteiger partial charge in [-0.3, -0.25) is 4.79 Å². The molecule has 144 valence electrons. The molecule has 0 radical (unpaired) electrons. The molecule has 0 aromatic carbocycles. The molecular weight excluding hydrogens is 328 g/mol. The molecule has 6 atom stereocenters. The summed E-state index contributed by atoms with van der Waals surface area (Å²) in [5.41, 5.74) is 0.446. The molecule has 4 aliphatic rings. The number of fused-ring (bicyclic) bond motifs is 5. The molecule has 4 rings (SSSR count). The van der Waals surface area contributed by atoms with E-state index in [4.69, 9.17) is 0 Å². The van der Waals surface area contributed by atoms with Crippen LogP contribution in [-0.4, -0.2) is 22.5 Å². The van der Waals surface area contributed by atoms with Crippen LogP contribution in [0.2, 0.25) is 0 Å². The maximum atomic E-state index is 11.9. The number of rotatable bonds is 3. The van der Waals surface area contributed by atoms with Crippen LogP contribution in [-0.2, 0) is 9.59 Å². The average molecular weight is 359 g/mol. The molecule has 4 heteroatoms. The van der Waals surface area contributed by atoms with Crippen LogP contribution in [0.1, 0.15) is 78.1 Å². The monoisotopic (exact) mass is 359 g/mol. The summed E-state index contributed by atoms with van der Waals surface area (Å²) in [6.45, 7) is 4.57. The Kier molecular flexibility index (Phi) is 4.15. The van der Waals surface area contributed by atoms with Gasteiger partial charge in [0, 0.05) is 12.4 Å². The summed E-state index contributed by atoms with van der Waals surface area (Å²) < 4.78 is 0. The van der Waals surface area contributed by atoms with Crippen LogP contribution in [0, 0.1) is 28.6 Å². The van der Waals surface area contributed by atoms with Gasteiger partial charge in [-0.15, -0.1) is 0 Å². The van der Waals surface area contributed by atoms with Crippen molar-refractivity contribution in [2.45, 2.75) is 83.7 Å². The Morgan fingerprint density at radius 2 is 1.88 bits per heavy atom. The second-order valence-electron chi connectivity index (χ2n) is 9.87. The maximum absolute atomic E-state index is 11.9. The Morgan fingerprint density at radius 3 is 2.62 bits per heavy atom. The lowest BCUT2D eigenvalue weighted by Gasteiger charge is -2.59. The molecule has 0 aliphatic heterocycles. The highest BCUT2D eigenvalue weighted by atomic mass is 16.4. The van der Waals surface area contributed by atoms with Gasteiger partial charge < -0.3 is 15.0 Å². The average Bonchev–Trinajstić information content (AvgIpc) is 2.86. The maximum Gasteiger partial charge on any atom is 0.155 e. The zero-order valence-corrected chi connectivity index (χ0v) is 16.1. The first kappa shape index (κ1) is 18.2. The van der Waals surface area contributed by atoms with Crippen LogP contribution in [0.25, 0.3) is 0 Å². The van der Waals surface area contributed by atoms with Gasteiger partial charge in [-0.1, -0.05) is 19.4 Å². The lowest BCUT2D eigenvalue weighted by atomic mass is 9.46. The largest absolute Gasteiger partial charge is 0.550 e. The molecule has 3 fully saturated rings. The number of carbonyl (C=O) groups is 2. The molecule has 0 bridgehead atoms. The number of allylic oxidation sites excluding steroid dienone is 1. The zero-order chi connectivity index (χ0) is 18.7. The lowest BCUT2D eigenvalue weighted by molar-refractivity contribution is -0.307. The van der Waals surface area contributed by atoms with Crippen molar-refractivity contribution in [2.75, 3.05) is 0 Å². The molecule has 26 heavy (non-hydrogen) atoms. The summed E-state index contributed by atoms with van der Waals surface area (Å²) in [4.78, 5) is 22.9. The highest BCUT2D eigenvalue weighted by Gasteiger charge is 2.63. The SMILES string of the molecule is C[C@]12CCC(=O)C=C1CC[C@@H]1[C@@H]2CC[C@@]2(C)[C@H]1CC[C@@]2(O)CCC(=O)[O-]. The number of aliphatic carboxylic acids is 1. The van der Waals surface area contributed by atoms with Gasteiger partial charge in [-0.05, 0) is 92.4 Å². The number of hydrogen-bond donors (Lipinski definition) is 1. The van der Waals surface area contributed by atoms with Gasteiger partial charge in [-0.25, -0.2) is 0 Å². The van der Waals surface area contributed by atoms with Crippen LogP contribution in [0.3, 0.4) is 0 Å². The predicted octanol–water partition coefficient (Wildman–Crippen LogP) is 2.78. The zero-order valence-electron chi connectivity index (χ0n) is 16.1. The smallest absolute Gasteiger partial charge is 0.155 e. The van der Waals surface area contributed by atoms with E-state index in [1.807, 2.05) is 6.08 Å². The molecule has 0 amide bonds. The predicted molar refractivity (Wildman–Crippen MR) is 95.9 cm³/mol. The minimum Gasteiger partial charge on any atom is -0.550 e. The molecule has 0 unspecified atom stereocenters. The fourth-order valence-corrected chi connectivity index (χ4v) is 7.39. The third-order valence-electron chi connectivity index (χ3n) is 9.03. The molecule has 0 saturated heterocycles. The van der Waals surface area contributed by atoms with Crippen molar-refractivity contribution in [1.29, 1.82) is 0 Å². The number of aliphatic hydroxyl groups is 1. The molecule has 0 aromatic rings. The van der Waals surface area contributed by atoms with Crippen LogP contribution >= 0.6 is 0 Å². The summed E-state index contributed by atoms with van der Waals surface area (Å²) in [6, 6.07) is 0. The van der Waals surface area contributed by atoms with Gasteiger partial charge in [-0.2, -0.15) is 0 Å². The highest BCUT2D eigenvalue weighted by Crippen LogP contribution is 2.68. The summed E-state index contributed by atoms with van der Waals surface area (Å²) in [5, 5.41) is 22.3. The third-order valence-corrected chi connectivity index (χ3v) is 9.03. The van der Waals surface area contributed by atoms with Crippen molar-refractivity contribution in [3.63, 3.8) is 0 Å². The molecular formula is C22H31O4-. The summed E-state index contributed by atoms with van der Waals surface area (Å²) in [5.74, 6) is 0.863. The number of carboxylic acids is 1. The normalized spacial score (nSPS) is 47.6. The molecule has 4 aliphatic carbocycles. The molecule has 0 spiro atoms. The number of hydrogen-bond acceptors (Lipinski definition) is 4. The van der Waals surface area contributed by atoms with E-state index in [1.54, 1.807) is 0 Å². The van der Waals surface area contributed by atoms with Crippen LogP contribution < -0.4 is 5.11 Å². The fraction of sp³-hybridized carbons (Fsp3) is 0.818.